The van der Waals surface area contributed by atoms with Gasteiger partial charge >= 0.3 is 23.0 Å². The third kappa shape index (κ3) is 8.85. The molecule has 1 aromatic carbocycles. The molecule has 3 nitrogen and oxygen atoms in total. The Labute approximate surface area is 155 Å². The molecule has 0 saturated carbocycles. The number of hydrogen-bond donors (Lipinski definition) is 1. The number of aliphatic carboxylic acids is 1. The summed E-state index contributed by atoms with van der Waals surface area (Å²) in [5.74, 6) is -2.14. The van der Waals surface area contributed by atoms with Crippen molar-refractivity contribution in [3.63, 3.8) is 0 Å². The van der Waals surface area contributed by atoms with Crippen LogP contribution < -0.4 is 5.11 Å². The van der Waals surface area contributed by atoms with Crippen LogP contribution in [-0.4, -0.2) is 11.1 Å². The Morgan fingerprint density at radius 3 is 2.17 bits per heavy atom. The Kier molecular flexibility index (Phi) is 12.8. The quantitative estimate of drug-likeness (QED) is 0.323. The van der Waals surface area contributed by atoms with Crippen LogP contribution >= 0.6 is 0 Å². The van der Waals surface area contributed by atoms with Crippen LogP contribution in [0.5, 0.6) is 0 Å². The minimum atomic E-state index is -1.00. The van der Waals surface area contributed by atoms with Gasteiger partial charge in [-0.05, 0) is 12.0 Å². The number of unbranched alkanes of at least 4 members (excludes halogenated alkanes) is 4. The number of carboxylic acid groups (broad SMARTS) is 1. The molecule has 0 aliphatic heterocycles. The van der Waals surface area contributed by atoms with Crippen molar-refractivity contribution in [2.24, 2.45) is 5.92 Å². The van der Waals surface area contributed by atoms with Gasteiger partial charge < -0.3 is 10.2 Å². The number of hydrogen-bond acceptors (Lipinski definition) is 2. The number of rotatable bonds is 8. The van der Waals surface area contributed by atoms with Crippen LogP contribution in [0.2, 0.25) is 0 Å². The SMILES string of the molecule is CCCCCCCC(C(=O)O)C([O-])=C1C=CC=C1.[Fe+2].c1cc[cH-]c1. The molecule has 0 bridgehead atoms. The summed E-state index contributed by atoms with van der Waals surface area (Å²) in [4.78, 5) is 11.1. The van der Waals surface area contributed by atoms with Crippen LogP contribution in [0.4, 0.5) is 0 Å². The number of allylic oxidation sites excluding steroid dienone is 5. The predicted octanol–water partition coefficient (Wildman–Crippen LogP) is 4.19. The van der Waals surface area contributed by atoms with Gasteiger partial charge in [-0.2, -0.15) is 18.2 Å². The second kappa shape index (κ2) is 13.8. The molecule has 4 heteroatoms. The third-order valence-corrected chi connectivity index (χ3v) is 3.71. The fourth-order valence-electron chi connectivity index (χ4n) is 2.38. The largest absolute Gasteiger partial charge is 2.00 e. The van der Waals surface area contributed by atoms with Gasteiger partial charge in [0.2, 0.25) is 0 Å². The molecule has 0 spiro atoms. The zero-order valence-electron chi connectivity index (χ0n) is 14.1. The van der Waals surface area contributed by atoms with Crippen molar-refractivity contribution in [2.45, 2.75) is 45.4 Å². The van der Waals surface area contributed by atoms with E-state index in [1.165, 1.54) is 6.42 Å². The fourth-order valence-corrected chi connectivity index (χ4v) is 2.38. The van der Waals surface area contributed by atoms with Gasteiger partial charge in [-0.1, -0.05) is 63.3 Å². The minimum absolute atomic E-state index is 0. The summed E-state index contributed by atoms with van der Waals surface area (Å²) < 4.78 is 0. The summed E-state index contributed by atoms with van der Waals surface area (Å²) in [5.41, 5.74) is 0.510. The molecular weight excluding hydrogens is 344 g/mol. The van der Waals surface area contributed by atoms with Crippen LogP contribution in [0.15, 0.2) is 66.0 Å². The van der Waals surface area contributed by atoms with Gasteiger partial charge in [0.05, 0.1) is 5.92 Å². The van der Waals surface area contributed by atoms with E-state index in [9.17, 15) is 9.90 Å². The second-order valence-corrected chi connectivity index (χ2v) is 5.59. The number of carboxylic acids is 1. The van der Waals surface area contributed by atoms with E-state index in [4.69, 9.17) is 5.11 Å². The van der Waals surface area contributed by atoms with Gasteiger partial charge in [0.15, 0.2) is 0 Å². The van der Waals surface area contributed by atoms with Gasteiger partial charge in [0.25, 0.3) is 0 Å². The van der Waals surface area contributed by atoms with E-state index in [1.807, 2.05) is 30.3 Å². The van der Waals surface area contributed by atoms with Crippen molar-refractivity contribution in [1.82, 2.24) is 0 Å². The smallest absolute Gasteiger partial charge is 0.874 e. The standard InChI is InChI=1S/C15H22O3.C5H5.Fe/c1-2-3-4-5-6-11-13(15(17)18)14(16)12-9-7-8-10-12;1-2-4-5-3-1;/h7-10,13,16H,2-6,11H2,1H3,(H,17,18);1-5H;/q;-1;+2/p-1. The van der Waals surface area contributed by atoms with Gasteiger partial charge in [0.1, 0.15) is 0 Å². The minimum Gasteiger partial charge on any atom is -0.874 e. The second-order valence-electron chi connectivity index (χ2n) is 5.59. The molecule has 1 aromatic rings. The van der Waals surface area contributed by atoms with Crippen LogP contribution in [0.1, 0.15) is 45.4 Å². The summed E-state index contributed by atoms with van der Waals surface area (Å²) in [5, 5.41) is 21.1. The third-order valence-electron chi connectivity index (χ3n) is 3.71. The number of carbonyl (C=O) groups is 1. The van der Waals surface area contributed by atoms with E-state index < -0.39 is 11.9 Å². The molecule has 0 heterocycles. The van der Waals surface area contributed by atoms with Gasteiger partial charge in [-0.25, -0.2) is 12.1 Å². The maximum absolute atomic E-state index is 12.0. The Balaban J connectivity index is 0.000000751. The molecule has 0 saturated heterocycles. The monoisotopic (exact) mass is 370 g/mol. The van der Waals surface area contributed by atoms with Crippen LogP contribution in [0, 0.1) is 5.92 Å². The molecule has 1 unspecified atom stereocenters. The summed E-state index contributed by atoms with van der Waals surface area (Å²) >= 11 is 0. The van der Waals surface area contributed by atoms with Crippen LogP contribution in [0.25, 0.3) is 0 Å². The van der Waals surface area contributed by atoms with Crippen molar-refractivity contribution in [3.8, 4) is 0 Å². The van der Waals surface area contributed by atoms with E-state index in [1.54, 1.807) is 24.3 Å². The summed E-state index contributed by atoms with van der Waals surface area (Å²) in [6.45, 7) is 2.14. The molecule has 0 fully saturated rings. The first-order chi connectivity index (χ1) is 11.2. The zero-order valence-corrected chi connectivity index (χ0v) is 15.2. The molecule has 0 amide bonds. The first-order valence-corrected chi connectivity index (χ1v) is 8.32. The molecule has 1 N–H and O–H groups in total. The summed E-state index contributed by atoms with van der Waals surface area (Å²) in [6.07, 6.45) is 12.6. The zero-order chi connectivity index (χ0) is 16.9. The average molecular weight is 370 g/mol. The topological polar surface area (TPSA) is 60.4 Å². The van der Waals surface area contributed by atoms with Crippen molar-refractivity contribution in [1.29, 1.82) is 0 Å². The van der Waals surface area contributed by atoms with E-state index in [-0.39, 0.29) is 22.8 Å². The molecule has 0 radical (unpaired) electrons. The van der Waals surface area contributed by atoms with E-state index in [0.29, 0.717) is 12.0 Å². The molecule has 24 heavy (non-hydrogen) atoms. The molecule has 0 aromatic heterocycles. The Morgan fingerprint density at radius 1 is 1.12 bits per heavy atom. The summed E-state index contributed by atoms with van der Waals surface area (Å²) in [6, 6.07) is 10.0. The van der Waals surface area contributed by atoms with Crippen molar-refractivity contribution < 1.29 is 32.1 Å². The van der Waals surface area contributed by atoms with Gasteiger partial charge in [-0.15, -0.1) is 5.76 Å². The predicted molar refractivity (Wildman–Crippen MR) is 91.8 cm³/mol. The maximum atomic E-state index is 12.0. The molecule has 1 aliphatic rings. The maximum Gasteiger partial charge on any atom is 2.00 e. The van der Waals surface area contributed by atoms with Crippen molar-refractivity contribution >= 4 is 5.97 Å². The molecule has 132 valence electrons. The van der Waals surface area contributed by atoms with Crippen LogP contribution in [-0.2, 0) is 21.9 Å². The Bertz CT molecular complexity index is 496. The Morgan fingerprint density at radius 2 is 1.71 bits per heavy atom. The first kappa shape index (κ1) is 22.4. The Hall–Kier alpha value is -1.64. The van der Waals surface area contributed by atoms with Crippen molar-refractivity contribution in [3.05, 3.63) is 66.0 Å². The van der Waals surface area contributed by atoms with E-state index >= 15 is 0 Å². The van der Waals surface area contributed by atoms with E-state index in [0.717, 1.165) is 25.7 Å². The van der Waals surface area contributed by atoms with Crippen molar-refractivity contribution in [2.75, 3.05) is 0 Å². The molecule has 1 atom stereocenters. The molecule has 2 rings (SSSR count). The van der Waals surface area contributed by atoms with Gasteiger partial charge in [0, 0.05) is 0 Å². The van der Waals surface area contributed by atoms with Crippen LogP contribution in [0.3, 0.4) is 0 Å². The first-order valence-electron chi connectivity index (χ1n) is 8.32. The van der Waals surface area contributed by atoms with E-state index in [2.05, 4.69) is 6.92 Å². The fraction of sp³-hybridized carbons (Fsp3) is 0.400. The summed E-state index contributed by atoms with van der Waals surface area (Å²) in [7, 11) is 0. The normalized spacial score (nSPS) is 13.0. The average Bonchev–Trinajstić information content (AvgIpc) is 3.26. The molecule has 1 aliphatic carbocycles. The molecular formula is C20H26FeO3. The van der Waals surface area contributed by atoms with Gasteiger partial charge in [-0.3, -0.25) is 4.79 Å².